The van der Waals surface area contributed by atoms with Gasteiger partial charge in [-0.05, 0) is 35.8 Å². The molecule has 0 radical (unpaired) electrons. The Balaban J connectivity index is 1.71. The van der Waals surface area contributed by atoms with E-state index in [4.69, 9.17) is 4.74 Å². The number of hydrogen-bond acceptors (Lipinski definition) is 5. The molecule has 2 aromatic heterocycles. The number of nitrogens with zero attached hydrogens (tertiary/aromatic N) is 4. The van der Waals surface area contributed by atoms with Crippen LogP contribution >= 0.6 is 15.9 Å². The zero-order chi connectivity index (χ0) is 14.8. The maximum atomic E-state index is 6.06. The highest BCUT2D eigenvalue weighted by atomic mass is 79.9. The second-order valence-corrected chi connectivity index (χ2v) is 6.04. The van der Waals surface area contributed by atoms with E-state index in [2.05, 4.69) is 42.7 Å². The van der Waals surface area contributed by atoms with Gasteiger partial charge in [-0.15, -0.1) is 0 Å². The van der Waals surface area contributed by atoms with Crippen molar-refractivity contribution < 1.29 is 4.74 Å². The monoisotopic (exact) mass is 348 g/mol. The van der Waals surface area contributed by atoms with Crippen molar-refractivity contribution in [2.45, 2.75) is 26.4 Å². The predicted molar refractivity (Wildman–Crippen MR) is 84.7 cm³/mol. The molecule has 6 heteroatoms. The lowest BCUT2D eigenvalue weighted by Crippen LogP contribution is -2.26. The van der Waals surface area contributed by atoms with Crippen molar-refractivity contribution in [2.75, 3.05) is 18.0 Å². The molecule has 3 rings (SSSR count). The van der Waals surface area contributed by atoms with Crippen molar-refractivity contribution in [3.63, 3.8) is 0 Å². The van der Waals surface area contributed by atoms with Gasteiger partial charge in [0.25, 0.3) is 0 Å². The van der Waals surface area contributed by atoms with E-state index in [0.29, 0.717) is 0 Å². The molecule has 0 aliphatic carbocycles. The Morgan fingerprint density at radius 1 is 1.33 bits per heavy atom. The summed E-state index contributed by atoms with van der Waals surface area (Å²) in [5.74, 6) is 1.86. The fraction of sp³-hybridized carbons (Fsp3) is 0.400. The number of halogens is 1. The van der Waals surface area contributed by atoms with Crippen LogP contribution in [0.5, 0.6) is 5.75 Å². The van der Waals surface area contributed by atoms with E-state index in [-0.39, 0.29) is 6.10 Å². The first-order valence-corrected chi connectivity index (χ1v) is 7.74. The number of aromatic nitrogens is 3. The van der Waals surface area contributed by atoms with Gasteiger partial charge in [-0.2, -0.15) is 0 Å². The summed E-state index contributed by atoms with van der Waals surface area (Å²) >= 11 is 3.46. The molecule has 0 saturated carbocycles. The molecular formula is C15H17BrN4O. The first-order chi connectivity index (χ1) is 10.1. The van der Waals surface area contributed by atoms with Crippen LogP contribution in [0.2, 0.25) is 0 Å². The van der Waals surface area contributed by atoms with Crippen LogP contribution < -0.4 is 9.64 Å². The van der Waals surface area contributed by atoms with Crippen molar-refractivity contribution in [3.05, 3.63) is 40.5 Å². The number of aryl methyl sites for hydroxylation is 1. The SMILES string of the molecule is Cc1ncnc(N2CCC(Oc3ccncc3Br)C2)c1C. The molecule has 1 atom stereocenters. The summed E-state index contributed by atoms with van der Waals surface area (Å²) in [6.07, 6.45) is 6.27. The van der Waals surface area contributed by atoms with Gasteiger partial charge in [0.15, 0.2) is 0 Å². The lowest BCUT2D eigenvalue weighted by molar-refractivity contribution is 0.223. The van der Waals surface area contributed by atoms with E-state index < -0.39 is 0 Å². The molecule has 5 nitrogen and oxygen atoms in total. The first-order valence-electron chi connectivity index (χ1n) is 6.94. The van der Waals surface area contributed by atoms with E-state index in [1.807, 2.05) is 13.0 Å². The normalized spacial score (nSPS) is 18.0. The van der Waals surface area contributed by atoms with Crippen LogP contribution in [-0.4, -0.2) is 34.1 Å². The van der Waals surface area contributed by atoms with Crippen LogP contribution in [0.1, 0.15) is 17.7 Å². The molecule has 0 amide bonds. The molecule has 2 aromatic rings. The highest BCUT2D eigenvalue weighted by Crippen LogP contribution is 2.28. The molecule has 3 heterocycles. The summed E-state index contributed by atoms with van der Waals surface area (Å²) < 4.78 is 6.94. The van der Waals surface area contributed by atoms with Crippen LogP contribution in [0, 0.1) is 13.8 Å². The van der Waals surface area contributed by atoms with Crippen molar-refractivity contribution in [1.82, 2.24) is 15.0 Å². The first kappa shape index (κ1) is 14.3. The van der Waals surface area contributed by atoms with Gasteiger partial charge in [0, 0.05) is 36.6 Å². The predicted octanol–water partition coefficient (Wildman–Crippen LogP) is 2.91. The summed E-state index contributed by atoms with van der Waals surface area (Å²) in [5, 5.41) is 0. The van der Waals surface area contributed by atoms with Crippen molar-refractivity contribution in [1.29, 1.82) is 0 Å². The van der Waals surface area contributed by atoms with Crippen molar-refractivity contribution in [3.8, 4) is 5.75 Å². The molecule has 1 aliphatic heterocycles. The number of rotatable bonds is 3. The maximum Gasteiger partial charge on any atom is 0.137 e. The quantitative estimate of drug-likeness (QED) is 0.853. The van der Waals surface area contributed by atoms with E-state index in [9.17, 15) is 0 Å². The molecule has 21 heavy (non-hydrogen) atoms. The summed E-state index contributed by atoms with van der Waals surface area (Å²) in [4.78, 5) is 15.0. The molecule has 0 bridgehead atoms. The summed E-state index contributed by atoms with van der Waals surface area (Å²) in [7, 11) is 0. The highest BCUT2D eigenvalue weighted by molar-refractivity contribution is 9.10. The topological polar surface area (TPSA) is 51.1 Å². The summed E-state index contributed by atoms with van der Waals surface area (Å²) in [5.41, 5.74) is 2.17. The number of ether oxygens (including phenoxy) is 1. The van der Waals surface area contributed by atoms with Gasteiger partial charge in [-0.1, -0.05) is 0 Å². The Kier molecular flexibility index (Phi) is 4.05. The number of hydrogen-bond donors (Lipinski definition) is 0. The van der Waals surface area contributed by atoms with Gasteiger partial charge in [-0.3, -0.25) is 4.98 Å². The molecule has 0 N–H and O–H groups in total. The zero-order valence-corrected chi connectivity index (χ0v) is 13.7. The number of anilines is 1. The van der Waals surface area contributed by atoms with Crippen molar-refractivity contribution in [2.24, 2.45) is 0 Å². The lowest BCUT2D eigenvalue weighted by Gasteiger charge is -2.20. The Morgan fingerprint density at radius 3 is 3.00 bits per heavy atom. The van der Waals surface area contributed by atoms with Crippen LogP contribution in [0.4, 0.5) is 5.82 Å². The van der Waals surface area contributed by atoms with Crippen LogP contribution in [0.15, 0.2) is 29.3 Å². The van der Waals surface area contributed by atoms with Gasteiger partial charge in [-0.25, -0.2) is 9.97 Å². The van der Waals surface area contributed by atoms with Gasteiger partial charge in [0.2, 0.25) is 0 Å². The third-order valence-electron chi connectivity index (χ3n) is 3.78. The zero-order valence-electron chi connectivity index (χ0n) is 12.1. The van der Waals surface area contributed by atoms with Crippen LogP contribution in [0.3, 0.4) is 0 Å². The molecule has 1 saturated heterocycles. The van der Waals surface area contributed by atoms with E-state index >= 15 is 0 Å². The molecule has 110 valence electrons. The molecule has 1 fully saturated rings. The average molecular weight is 349 g/mol. The molecule has 1 aliphatic rings. The summed E-state index contributed by atoms with van der Waals surface area (Å²) in [6.45, 7) is 5.87. The average Bonchev–Trinajstić information content (AvgIpc) is 2.93. The Bertz CT molecular complexity index is 649. The Hall–Kier alpha value is -1.69. The second-order valence-electron chi connectivity index (χ2n) is 5.19. The minimum absolute atomic E-state index is 0.165. The molecular weight excluding hydrogens is 332 g/mol. The lowest BCUT2D eigenvalue weighted by atomic mass is 10.2. The molecule has 1 unspecified atom stereocenters. The molecule has 0 spiro atoms. The van der Waals surface area contributed by atoms with Crippen LogP contribution in [0.25, 0.3) is 0 Å². The Labute approximate surface area is 132 Å². The van der Waals surface area contributed by atoms with E-state index in [0.717, 1.165) is 46.8 Å². The number of pyridine rings is 1. The van der Waals surface area contributed by atoms with Gasteiger partial charge < -0.3 is 9.64 Å². The minimum Gasteiger partial charge on any atom is -0.487 e. The fourth-order valence-electron chi connectivity index (χ4n) is 2.50. The fourth-order valence-corrected chi connectivity index (χ4v) is 2.84. The Morgan fingerprint density at radius 2 is 2.19 bits per heavy atom. The van der Waals surface area contributed by atoms with Gasteiger partial charge >= 0.3 is 0 Å². The highest BCUT2D eigenvalue weighted by Gasteiger charge is 2.26. The third kappa shape index (κ3) is 3.00. The molecule has 0 aromatic carbocycles. The largest absolute Gasteiger partial charge is 0.487 e. The van der Waals surface area contributed by atoms with Crippen molar-refractivity contribution >= 4 is 21.7 Å². The summed E-state index contributed by atoms with van der Waals surface area (Å²) in [6, 6.07) is 1.88. The second kappa shape index (κ2) is 5.97. The van der Waals surface area contributed by atoms with E-state index in [1.54, 1.807) is 18.7 Å². The standard InChI is InChI=1S/C15H17BrN4O/c1-10-11(2)18-9-19-15(10)20-6-4-12(8-20)21-14-3-5-17-7-13(14)16/h3,5,7,9,12H,4,6,8H2,1-2H3. The third-order valence-corrected chi connectivity index (χ3v) is 4.38. The smallest absolute Gasteiger partial charge is 0.137 e. The maximum absolute atomic E-state index is 6.06. The van der Waals surface area contributed by atoms with Gasteiger partial charge in [0.1, 0.15) is 24.0 Å². The van der Waals surface area contributed by atoms with E-state index in [1.165, 1.54) is 0 Å². The van der Waals surface area contributed by atoms with Gasteiger partial charge in [0.05, 0.1) is 11.0 Å². The van der Waals surface area contributed by atoms with Crippen LogP contribution in [-0.2, 0) is 0 Å². The minimum atomic E-state index is 0.165.